The van der Waals surface area contributed by atoms with Gasteiger partial charge in [0.05, 0.1) is 6.42 Å². The second-order valence-corrected chi connectivity index (χ2v) is 4.70. The van der Waals surface area contributed by atoms with Gasteiger partial charge < -0.3 is 15.3 Å². The van der Waals surface area contributed by atoms with Gasteiger partial charge in [-0.15, -0.1) is 0 Å². The maximum Gasteiger partial charge on any atom is 0.317 e. The van der Waals surface area contributed by atoms with E-state index in [-0.39, 0.29) is 12.5 Å². The van der Waals surface area contributed by atoms with Gasteiger partial charge >= 0.3 is 12.0 Å². The fourth-order valence-corrected chi connectivity index (χ4v) is 1.92. The number of nitrogens with one attached hydrogen (secondary N) is 1. The van der Waals surface area contributed by atoms with E-state index in [1.165, 1.54) is 0 Å². The van der Waals surface area contributed by atoms with Gasteiger partial charge in [0, 0.05) is 38.8 Å². The summed E-state index contributed by atoms with van der Waals surface area (Å²) in [7, 11) is 0. The number of carbonyl (C=O) groups excluding carboxylic acids is 1. The molecule has 2 N–H and O–H groups in total. The summed E-state index contributed by atoms with van der Waals surface area (Å²) >= 11 is 0. The van der Waals surface area contributed by atoms with Gasteiger partial charge in [-0.3, -0.25) is 9.69 Å². The minimum absolute atomic E-state index is 0.0328. The number of amides is 2. The molecule has 0 radical (unpaired) electrons. The van der Waals surface area contributed by atoms with Gasteiger partial charge in [-0.1, -0.05) is 0 Å². The number of carboxylic acids is 1. The number of piperazine rings is 1. The zero-order chi connectivity index (χ0) is 12.3. The van der Waals surface area contributed by atoms with Crippen molar-refractivity contribution >= 4 is 12.0 Å². The Hall–Kier alpha value is -1.30. The first-order valence-corrected chi connectivity index (χ1v) is 6.15. The first kappa shape index (κ1) is 12.2. The Morgan fingerprint density at radius 3 is 2.35 bits per heavy atom. The molecule has 0 aromatic rings. The van der Waals surface area contributed by atoms with Crippen LogP contribution in [0.15, 0.2) is 0 Å². The number of carboxylic acid groups (broad SMARTS) is 1. The van der Waals surface area contributed by atoms with Gasteiger partial charge in [0.25, 0.3) is 0 Å². The summed E-state index contributed by atoms with van der Waals surface area (Å²) in [6, 6.07) is 0.429. The molecule has 1 saturated heterocycles. The molecule has 1 aliphatic carbocycles. The van der Waals surface area contributed by atoms with E-state index in [9.17, 15) is 9.59 Å². The van der Waals surface area contributed by atoms with Gasteiger partial charge in [0.1, 0.15) is 0 Å². The molecule has 0 atom stereocenters. The second-order valence-electron chi connectivity index (χ2n) is 4.70. The quantitative estimate of drug-likeness (QED) is 0.724. The third kappa shape index (κ3) is 3.89. The van der Waals surface area contributed by atoms with Crippen LogP contribution in [-0.2, 0) is 4.79 Å². The largest absolute Gasteiger partial charge is 0.481 e. The minimum Gasteiger partial charge on any atom is -0.481 e. The molecule has 2 fully saturated rings. The molecular weight excluding hydrogens is 222 g/mol. The topological polar surface area (TPSA) is 72.9 Å². The van der Waals surface area contributed by atoms with Crippen molar-refractivity contribution < 1.29 is 14.7 Å². The van der Waals surface area contributed by atoms with Crippen LogP contribution >= 0.6 is 0 Å². The molecule has 0 aromatic carbocycles. The summed E-state index contributed by atoms with van der Waals surface area (Å²) < 4.78 is 0. The number of hydrogen-bond acceptors (Lipinski definition) is 3. The first-order chi connectivity index (χ1) is 8.15. The minimum atomic E-state index is -0.765. The van der Waals surface area contributed by atoms with Crippen LogP contribution < -0.4 is 5.32 Å². The third-order valence-corrected chi connectivity index (χ3v) is 3.21. The molecular formula is C11H19N3O3. The highest BCUT2D eigenvalue weighted by Gasteiger charge is 2.27. The normalized spacial score (nSPS) is 21.3. The summed E-state index contributed by atoms with van der Waals surface area (Å²) in [5, 5.41) is 11.6. The highest BCUT2D eigenvalue weighted by molar-refractivity contribution is 5.75. The highest BCUT2D eigenvalue weighted by Crippen LogP contribution is 2.19. The van der Waals surface area contributed by atoms with E-state index in [2.05, 4.69) is 10.2 Å². The van der Waals surface area contributed by atoms with E-state index in [1.807, 2.05) is 4.90 Å². The highest BCUT2D eigenvalue weighted by atomic mass is 16.4. The average Bonchev–Trinajstić information content (AvgIpc) is 3.11. The number of rotatable bonds is 4. The molecule has 1 heterocycles. The van der Waals surface area contributed by atoms with Crippen molar-refractivity contribution in [2.24, 2.45) is 0 Å². The number of hydrogen-bond donors (Lipinski definition) is 2. The lowest BCUT2D eigenvalue weighted by molar-refractivity contribution is -0.137. The summed E-state index contributed by atoms with van der Waals surface area (Å²) in [5.41, 5.74) is 0. The van der Waals surface area contributed by atoms with Crippen LogP contribution in [0.1, 0.15) is 19.3 Å². The van der Waals surface area contributed by atoms with E-state index in [0.29, 0.717) is 25.7 Å². The Labute approximate surface area is 101 Å². The second kappa shape index (κ2) is 5.35. The average molecular weight is 241 g/mol. The van der Waals surface area contributed by atoms with Gasteiger partial charge in [-0.25, -0.2) is 4.79 Å². The molecule has 2 aliphatic rings. The SMILES string of the molecule is O=C(O)CCN1CCN(C(=O)NC2CC2)CC1. The van der Waals surface area contributed by atoms with Crippen molar-refractivity contribution in [2.75, 3.05) is 32.7 Å². The molecule has 1 aliphatic heterocycles. The van der Waals surface area contributed by atoms with Crippen molar-refractivity contribution in [3.8, 4) is 0 Å². The summed E-state index contributed by atoms with van der Waals surface area (Å²) in [4.78, 5) is 26.1. The van der Waals surface area contributed by atoms with Crippen LogP contribution in [0.25, 0.3) is 0 Å². The van der Waals surface area contributed by atoms with E-state index < -0.39 is 5.97 Å². The standard InChI is InChI=1S/C11H19N3O3/c15-10(16)3-4-13-5-7-14(8-6-13)11(17)12-9-1-2-9/h9H,1-8H2,(H,12,17)(H,15,16). The van der Waals surface area contributed by atoms with Crippen molar-refractivity contribution in [1.29, 1.82) is 0 Å². The van der Waals surface area contributed by atoms with Gasteiger partial charge in [-0.2, -0.15) is 0 Å². The lowest BCUT2D eigenvalue weighted by Gasteiger charge is -2.34. The third-order valence-electron chi connectivity index (χ3n) is 3.21. The van der Waals surface area contributed by atoms with Crippen LogP contribution in [0, 0.1) is 0 Å². The Morgan fingerprint density at radius 2 is 1.82 bits per heavy atom. The zero-order valence-electron chi connectivity index (χ0n) is 9.89. The Balaban J connectivity index is 1.66. The molecule has 2 amide bonds. The van der Waals surface area contributed by atoms with E-state index in [1.54, 1.807) is 0 Å². The van der Waals surface area contributed by atoms with Gasteiger partial charge in [-0.05, 0) is 12.8 Å². The summed E-state index contributed by atoms with van der Waals surface area (Å²) in [6.45, 7) is 3.50. The fourth-order valence-electron chi connectivity index (χ4n) is 1.92. The van der Waals surface area contributed by atoms with Crippen LogP contribution in [0.2, 0.25) is 0 Å². The van der Waals surface area contributed by atoms with Crippen molar-refractivity contribution in [3.05, 3.63) is 0 Å². The van der Waals surface area contributed by atoms with Crippen LogP contribution in [0.5, 0.6) is 0 Å². The van der Waals surface area contributed by atoms with Gasteiger partial charge in [0.2, 0.25) is 0 Å². The lowest BCUT2D eigenvalue weighted by Crippen LogP contribution is -2.52. The number of aliphatic carboxylic acids is 1. The van der Waals surface area contributed by atoms with Crippen molar-refractivity contribution in [2.45, 2.75) is 25.3 Å². The molecule has 17 heavy (non-hydrogen) atoms. The molecule has 6 nitrogen and oxygen atoms in total. The first-order valence-electron chi connectivity index (χ1n) is 6.15. The molecule has 0 spiro atoms. The van der Waals surface area contributed by atoms with E-state index in [4.69, 9.17) is 5.11 Å². The predicted octanol–water partition coefficient (Wildman–Crippen LogP) is -0.0493. The van der Waals surface area contributed by atoms with Gasteiger partial charge in [0.15, 0.2) is 0 Å². The number of nitrogens with zero attached hydrogens (tertiary/aromatic N) is 2. The van der Waals surface area contributed by atoms with Crippen LogP contribution in [0.4, 0.5) is 4.79 Å². The van der Waals surface area contributed by atoms with Crippen molar-refractivity contribution in [1.82, 2.24) is 15.1 Å². The Bertz CT molecular complexity index is 296. The summed E-state index contributed by atoms with van der Waals surface area (Å²) in [6.07, 6.45) is 2.38. The zero-order valence-corrected chi connectivity index (χ0v) is 9.89. The smallest absolute Gasteiger partial charge is 0.317 e. The maximum atomic E-state index is 11.7. The molecule has 0 unspecified atom stereocenters. The molecule has 96 valence electrons. The number of urea groups is 1. The molecule has 1 saturated carbocycles. The summed E-state index contributed by atoms with van der Waals surface area (Å²) in [5.74, 6) is -0.765. The predicted molar refractivity (Wildman–Crippen MR) is 61.8 cm³/mol. The Morgan fingerprint density at radius 1 is 1.18 bits per heavy atom. The van der Waals surface area contributed by atoms with Crippen LogP contribution in [-0.4, -0.2) is 65.7 Å². The fraction of sp³-hybridized carbons (Fsp3) is 0.818. The molecule has 2 rings (SSSR count). The molecule has 0 bridgehead atoms. The van der Waals surface area contributed by atoms with Crippen LogP contribution in [0.3, 0.4) is 0 Å². The van der Waals surface area contributed by atoms with E-state index >= 15 is 0 Å². The number of carbonyl (C=O) groups is 2. The maximum absolute atomic E-state index is 11.7. The van der Waals surface area contributed by atoms with Crippen molar-refractivity contribution in [3.63, 3.8) is 0 Å². The Kier molecular flexibility index (Phi) is 3.83. The molecule has 6 heteroatoms. The molecule has 0 aromatic heterocycles. The monoisotopic (exact) mass is 241 g/mol. The van der Waals surface area contributed by atoms with E-state index in [0.717, 1.165) is 25.9 Å². The lowest BCUT2D eigenvalue weighted by atomic mass is 10.3.